The zero-order chi connectivity index (χ0) is 14.5. The van der Waals surface area contributed by atoms with Crippen molar-refractivity contribution in [1.29, 1.82) is 0 Å². The Hall–Kier alpha value is -1.63. The van der Waals surface area contributed by atoms with Crippen LogP contribution in [0.3, 0.4) is 0 Å². The summed E-state index contributed by atoms with van der Waals surface area (Å²) in [5.41, 5.74) is 0. The molecule has 0 spiro atoms. The Bertz CT molecular complexity index is 454. The number of unbranched alkanes of at least 4 members (excludes halogenated alkanes) is 1. The first-order valence-corrected chi connectivity index (χ1v) is 7.27. The lowest BCUT2D eigenvalue weighted by Crippen LogP contribution is -2.39. The van der Waals surface area contributed by atoms with Gasteiger partial charge in [0.05, 0.1) is 0 Å². The van der Waals surface area contributed by atoms with Crippen molar-refractivity contribution in [2.45, 2.75) is 38.6 Å². The molecule has 1 atom stereocenters. The Morgan fingerprint density at radius 3 is 3.05 bits per heavy atom. The van der Waals surface area contributed by atoms with E-state index >= 15 is 0 Å². The van der Waals surface area contributed by atoms with Crippen LogP contribution in [-0.4, -0.2) is 40.2 Å². The summed E-state index contributed by atoms with van der Waals surface area (Å²) >= 11 is 0. The van der Waals surface area contributed by atoms with Gasteiger partial charge in [-0.15, -0.1) is 0 Å². The Morgan fingerprint density at radius 1 is 1.65 bits per heavy atom. The SMILES string of the molecule is CCCCN(CC1CCCN1)c1c([N+](=O)[O-])ncn1C. The number of aromatic nitrogens is 2. The van der Waals surface area contributed by atoms with Crippen LogP contribution >= 0.6 is 0 Å². The first-order chi connectivity index (χ1) is 9.63. The van der Waals surface area contributed by atoms with E-state index in [9.17, 15) is 10.1 Å². The van der Waals surface area contributed by atoms with E-state index in [1.165, 1.54) is 12.7 Å². The molecule has 7 nitrogen and oxygen atoms in total. The number of nitrogens with one attached hydrogen (secondary N) is 1. The summed E-state index contributed by atoms with van der Waals surface area (Å²) in [6, 6.07) is 0.418. The maximum Gasteiger partial charge on any atom is 0.406 e. The van der Waals surface area contributed by atoms with Gasteiger partial charge in [-0.3, -0.25) is 4.57 Å². The van der Waals surface area contributed by atoms with Crippen molar-refractivity contribution in [2.24, 2.45) is 7.05 Å². The summed E-state index contributed by atoms with van der Waals surface area (Å²) in [5, 5.41) is 14.6. The number of hydrogen-bond acceptors (Lipinski definition) is 5. The van der Waals surface area contributed by atoms with Crippen LogP contribution in [0.4, 0.5) is 11.6 Å². The molecule has 0 bridgehead atoms. The molecule has 2 heterocycles. The van der Waals surface area contributed by atoms with E-state index in [2.05, 4.69) is 22.1 Å². The van der Waals surface area contributed by atoms with Crippen LogP contribution < -0.4 is 10.2 Å². The molecule has 1 N–H and O–H groups in total. The lowest BCUT2D eigenvalue weighted by Gasteiger charge is -2.26. The zero-order valence-corrected chi connectivity index (χ0v) is 12.2. The summed E-state index contributed by atoms with van der Waals surface area (Å²) in [6.07, 6.45) is 5.93. The molecule has 112 valence electrons. The second-order valence-electron chi connectivity index (χ2n) is 5.35. The standard InChI is InChI=1S/C13H23N5O2/c1-3-4-8-17(9-11-6-5-7-14-11)13-12(18(19)20)15-10-16(13)2/h10-11,14H,3-9H2,1-2H3. The van der Waals surface area contributed by atoms with Gasteiger partial charge in [0, 0.05) is 26.2 Å². The van der Waals surface area contributed by atoms with Crippen LogP contribution in [0.1, 0.15) is 32.6 Å². The Kier molecular flexibility index (Phi) is 4.94. The molecule has 1 fully saturated rings. The van der Waals surface area contributed by atoms with Gasteiger partial charge in [0.2, 0.25) is 12.1 Å². The Labute approximate surface area is 119 Å². The van der Waals surface area contributed by atoms with Crippen LogP contribution in [0.15, 0.2) is 6.33 Å². The smallest absolute Gasteiger partial charge is 0.358 e. The zero-order valence-electron chi connectivity index (χ0n) is 12.2. The van der Waals surface area contributed by atoms with Crippen molar-refractivity contribution < 1.29 is 4.92 Å². The predicted octanol–water partition coefficient (Wildman–Crippen LogP) is 1.69. The summed E-state index contributed by atoms with van der Waals surface area (Å²) < 4.78 is 1.75. The minimum Gasteiger partial charge on any atom is -0.358 e. The highest BCUT2D eigenvalue weighted by molar-refractivity contribution is 5.54. The van der Waals surface area contributed by atoms with E-state index in [0.717, 1.165) is 38.9 Å². The highest BCUT2D eigenvalue weighted by Crippen LogP contribution is 2.27. The summed E-state index contributed by atoms with van der Waals surface area (Å²) in [5.74, 6) is 0.582. The highest BCUT2D eigenvalue weighted by Gasteiger charge is 2.27. The molecule has 1 aliphatic rings. The van der Waals surface area contributed by atoms with Gasteiger partial charge in [-0.1, -0.05) is 13.3 Å². The molecule has 7 heteroatoms. The summed E-state index contributed by atoms with van der Waals surface area (Å²) in [7, 11) is 1.82. The Balaban J connectivity index is 2.20. The number of anilines is 1. The average Bonchev–Trinajstić information content (AvgIpc) is 3.04. The average molecular weight is 281 g/mol. The second-order valence-corrected chi connectivity index (χ2v) is 5.35. The van der Waals surface area contributed by atoms with E-state index in [4.69, 9.17) is 0 Å². The maximum atomic E-state index is 11.1. The van der Waals surface area contributed by atoms with Crippen LogP contribution in [0.2, 0.25) is 0 Å². The van der Waals surface area contributed by atoms with Crippen molar-refractivity contribution >= 4 is 11.6 Å². The molecule has 1 saturated heterocycles. The topological polar surface area (TPSA) is 76.2 Å². The van der Waals surface area contributed by atoms with Gasteiger partial charge in [-0.05, 0) is 35.7 Å². The van der Waals surface area contributed by atoms with E-state index in [1.54, 1.807) is 4.57 Å². The highest BCUT2D eigenvalue weighted by atomic mass is 16.6. The first kappa shape index (κ1) is 14.8. The summed E-state index contributed by atoms with van der Waals surface area (Å²) in [6.45, 7) is 4.80. The van der Waals surface area contributed by atoms with Gasteiger partial charge in [0.15, 0.2) is 0 Å². The molecule has 0 radical (unpaired) electrons. The molecule has 20 heavy (non-hydrogen) atoms. The van der Waals surface area contributed by atoms with E-state index in [-0.39, 0.29) is 5.82 Å². The largest absolute Gasteiger partial charge is 0.406 e. The molecular weight excluding hydrogens is 258 g/mol. The van der Waals surface area contributed by atoms with Gasteiger partial charge < -0.3 is 20.3 Å². The van der Waals surface area contributed by atoms with Crippen LogP contribution in [-0.2, 0) is 7.05 Å². The van der Waals surface area contributed by atoms with Crippen LogP contribution in [0.25, 0.3) is 0 Å². The quantitative estimate of drug-likeness (QED) is 0.608. The van der Waals surface area contributed by atoms with E-state index in [0.29, 0.717) is 11.9 Å². The molecule has 1 aromatic rings. The molecule has 0 aliphatic carbocycles. The number of rotatable bonds is 7. The molecular formula is C13H23N5O2. The van der Waals surface area contributed by atoms with Gasteiger partial charge in [-0.2, -0.15) is 0 Å². The number of hydrogen-bond donors (Lipinski definition) is 1. The third-order valence-electron chi connectivity index (χ3n) is 3.74. The molecule has 1 aliphatic heterocycles. The normalized spacial score (nSPS) is 18.4. The molecule has 0 saturated carbocycles. The monoisotopic (exact) mass is 281 g/mol. The minimum absolute atomic E-state index is 0.0402. The summed E-state index contributed by atoms with van der Waals surface area (Å²) in [4.78, 5) is 16.8. The van der Waals surface area contributed by atoms with E-state index < -0.39 is 4.92 Å². The van der Waals surface area contributed by atoms with Crippen molar-refractivity contribution in [3.05, 3.63) is 16.4 Å². The molecule has 2 rings (SSSR count). The van der Waals surface area contributed by atoms with Crippen molar-refractivity contribution in [2.75, 3.05) is 24.5 Å². The minimum atomic E-state index is -0.393. The van der Waals surface area contributed by atoms with Crippen molar-refractivity contribution in [3.63, 3.8) is 0 Å². The van der Waals surface area contributed by atoms with Crippen molar-refractivity contribution in [1.82, 2.24) is 14.9 Å². The van der Waals surface area contributed by atoms with Gasteiger partial charge in [0.25, 0.3) is 0 Å². The number of imidazole rings is 1. The fourth-order valence-electron chi connectivity index (χ4n) is 2.72. The third-order valence-corrected chi connectivity index (χ3v) is 3.74. The van der Waals surface area contributed by atoms with Gasteiger partial charge in [-0.25, -0.2) is 0 Å². The van der Waals surface area contributed by atoms with Crippen molar-refractivity contribution in [3.8, 4) is 0 Å². The lowest BCUT2D eigenvalue weighted by atomic mass is 10.2. The fraction of sp³-hybridized carbons (Fsp3) is 0.769. The Morgan fingerprint density at radius 2 is 2.45 bits per heavy atom. The second kappa shape index (κ2) is 6.69. The first-order valence-electron chi connectivity index (χ1n) is 7.27. The molecule has 1 aromatic heterocycles. The molecule has 0 aromatic carbocycles. The van der Waals surface area contributed by atoms with Gasteiger partial charge >= 0.3 is 5.82 Å². The van der Waals surface area contributed by atoms with E-state index in [1.807, 2.05) is 7.05 Å². The number of nitrogens with zero attached hydrogens (tertiary/aromatic N) is 4. The van der Waals surface area contributed by atoms with Crippen LogP contribution in [0.5, 0.6) is 0 Å². The lowest BCUT2D eigenvalue weighted by molar-refractivity contribution is -0.388. The maximum absolute atomic E-state index is 11.1. The predicted molar refractivity (Wildman–Crippen MR) is 78.0 cm³/mol. The molecule has 1 unspecified atom stereocenters. The number of aryl methyl sites for hydroxylation is 1. The number of nitro groups is 1. The van der Waals surface area contributed by atoms with Crippen LogP contribution in [0, 0.1) is 10.1 Å². The van der Waals surface area contributed by atoms with Gasteiger partial charge in [0.1, 0.15) is 0 Å². The molecule has 0 amide bonds. The third kappa shape index (κ3) is 3.27. The fourth-order valence-corrected chi connectivity index (χ4v) is 2.72.